The minimum atomic E-state index is -0.637. The standard InChI is InChI=1S/C20H26N4O4/c1-3-22(4-2)18(26)16-13-24-11-8-21-19(24)20(28-16)6-9-23(10-7-20)17(25)15-5-12-27-14-15/h5,8,11-12,14,16H,3-4,6-7,9-10,13H2,1-2H3. The second kappa shape index (κ2) is 7.43. The lowest BCUT2D eigenvalue weighted by molar-refractivity contribution is -0.179. The molecule has 1 spiro atoms. The Balaban J connectivity index is 1.54. The van der Waals surface area contributed by atoms with Crippen LogP contribution in [0.5, 0.6) is 0 Å². The van der Waals surface area contributed by atoms with E-state index in [9.17, 15) is 9.59 Å². The average Bonchev–Trinajstić information content (AvgIpc) is 3.41. The van der Waals surface area contributed by atoms with Crippen molar-refractivity contribution in [3.8, 4) is 0 Å². The first-order valence-electron chi connectivity index (χ1n) is 9.87. The van der Waals surface area contributed by atoms with Gasteiger partial charge < -0.3 is 23.5 Å². The van der Waals surface area contributed by atoms with Gasteiger partial charge in [0.05, 0.1) is 18.4 Å². The van der Waals surface area contributed by atoms with Gasteiger partial charge in [-0.3, -0.25) is 9.59 Å². The van der Waals surface area contributed by atoms with E-state index in [1.807, 2.05) is 29.5 Å². The van der Waals surface area contributed by atoms with Crippen LogP contribution in [-0.4, -0.2) is 63.4 Å². The predicted molar refractivity (Wildman–Crippen MR) is 101 cm³/mol. The minimum Gasteiger partial charge on any atom is -0.472 e. The van der Waals surface area contributed by atoms with Gasteiger partial charge in [-0.15, -0.1) is 0 Å². The van der Waals surface area contributed by atoms with Crippen molar-refractivity contribution in [2.45, 2.75) is 44.9 Å². The number of likely N-dealkylation sites (tertiary alicyclic amines) is 1. The second-order valence-electron chi connectivity index (χ2n) is 7.32. The van der Waals surface area contributed by atoms with E-state index in [-0.39, 0.29) is 11.8 Å². The van der Waals surface area contributed by atoms with Gasteiger partial charge in [0.15, 0.2) is 6.10 Å². The van der Waals surface area contributed by atoms with Crippen LogP contribution in [-0.2, 0) is 21.7 Å². The molecule has 0 saturated carbocycles. The van der Waals surface area contributed by atoms with Gasteiger partial charge in [-0.25, -0.2) is 4.98 Å². The number of fused-ring (bicyclic) bond motifs is 2. The normalized spacial score (nSPS) is 20.8. The number of carbonyl (C=O) groups is 2. The van der Waals surface area contributed by atoms with Crippen molar-refractivity contribution in [3.05, 3.63) is 42.4 Å². The molecular weight excluding hydrogens is 360 g/mol. The Kier molecular flexibility index (Phi) is 4.97. The average molecular weight is 386 g/mol. The Labute approximate surface area is 164 Å². The van der Waals surface area contributed by atoms with Crippen LogP contribution in [0.25, 0.3) is 0 Å². The van der Waals surface area contributed by atoms with Crippen molar-refractivity contribution in [1.29, 1.82) is 0 Å². The highest BCUT2D eigenvalue weighted by molar-refractivity contribution is 5.93. The number of amides is 2. The molecule has 0 radical (unpaired) electrons. The van der Waals surface area contributed by atoms with E-state index in [1.54, 1.807) is 17.2 Å². The SMILES string of the molecule is CCN(CC)C(=O)C1Cn2ccnc2C2(CCN(C(=O)c3ccoc3)CC2)O1. The molecule has 2 aliphatic heterocycles. The summed E-state index contributed by atoms with van der Waals surface area (Å²) in [5, 5.41) is 0. The fraction of sp³-hybridized carbons (Fsp3) is 0.550. The van der Waals surface area contributed by atoms with E-state index >= 15 is 0 Å². The molecule has 2 aliphatic rings. The lowest BCUT2D eigenvalue weighted by atomic mass is 9.88. The van der Waals surface area contributed by atoms with Crippen LogP contribution in [0.4, 0.5) is 0 Å². The third-order valence-corrected chi connectivity index (χ3v) is 5.83. The summed E-state index contributed by atoms with van der Waals surface area (Å²) in [5.74, 6) is 0.825. The number of hydrogen-bond donors (Lipinski definition) is 0. The predicted octanol–water partition coefficient (Wildman–Crippen LogP) is 1.87. The van der Waals surface area contributed by atoms with Gasteiger partial charge >= 0.3 is 0 Å². The topological polar surface area (TPSA) is 80.8 Å². The van der Waals surface area contributed by atoms with E-state index in [0.29, 0.717) is 51.1 Å². The molecule has 2 aromatic rings. The number of rotatable bonds is 4. The van der Waals surface area contributed by atoms with Crippen LogP contribution < -0.4 is 0 Å². The van der Waals surface area contributed by atoms with Crippen molar-refractivity contribution in [2.75, 3.05) is 26.2 Å². The molecule has 150 valence electrons. The number of aromatic nitrogens is 2. The maximum absolute atomic E-state index is 12.9. The van der Waals surface area contributed by atoms with E-state index in [1.165, 1.54) is 12.5 Å². The summed E-state index contributed by atoms with van der Waals surface area (Å²) < 4.78 is 13.5. The highest BCUT2D eigenvalue weighted by atomic mass is 16.5. The number of ether oxygens (including phenoxy) is 1. The Hall–Kier alpha value is -2.61. The Morgan fingerprint density at radius 2 is 2.04 bits per heavy atom. The molecule has 0 aliphatic carbocycles. The lowest BCUT2D eigenvalue weighted by Crippen LogP contribution is -2.55. The highest BCUT2D eigenvalue weighted by Gasteiger charge is 2.48. The summed E-state index contributed by atoms with van der Waals surface area (Å²) in [6, 6.07) is 1.68. The summed E-state index contributed by atoms with van der Waals surface area (Å²) >= 11 is 0. The first-order chi connectivity index (χ1) is 13.6. The molecular formula is C20H26N4O4. The van der Waals surface area contributed by atoms with Crippen molar-refractivity contribution in [1.82, 2.24) is 19.4 Å². The number of imidazole rings is 1. The van der Waals surface area contributed by atoms with Gasteiger partial charge in [-0.2, -0.15) is 0 Å². The summed E-state index contributed by atoms with van der Waals surface area (Å²) in [5.41, 5.74) is -0.0841. The third kappa shape index (κ3) is 3.11. The van der Waals surface area contributed by atoms with Crippen LogP contribution in [0.1, 0.15) is 42.9 Å². The van der Waals surface area contributed by atoms with Crippen LogP contribution in [0.2, 0.25) is 0 Å². The third-order valence-electron chi connectivity index (χ3n) is 5.83. The molecule has 2 aromatic heterocycles. The molecule has 0 N–H and O–H groups in total. The molecule has 8 nitrogen and oxygen atoms in total. The quantitative estimate of drug-likeness (QED) is 0.801. The summed E-state index contributed by atoms with van der Waals surface area (Å²) in [7, 11) is 0. The second-order valence-corrected chi connectivity index (χ2v) is 7.32. The molecule has 1 saturated heterocycles. The minimum absolute atomic E-state index is 0.0145. The van der Waals surface area contributed by atoms with Gasteiger partial charge in [-0.1, -0.05) is 0 Å². The van der Waals surface area contributed by atoms with Gasteiger partial charge in [0.25, 0.3) is 11.8 Å². The summed E-state index contributed by atoms with van der Waals surface area (Å²) in [6.07, 6.45) is 7.32. The molecule has 1 unspecified atom stereocenters. The number of piperidine rings is 1. The molecule has 0 aromatic carbocycles. The van der Waals surface area contributed by atoms with E-state index in [2.05, 4.69) is 4.98 Å². The van der Waals surface area contributed by atoms with E-state index in [0.717, 1.165) is 5.82 Å². The zero-order valence-electron chi connectivity index (χ0n) is 16.3. The monoisotopic (exact) mass is 386 g/mol. The Bertz CT molecular complexity index is 832. The number of hydrogen-bond acceptors (Lipinski definition) is 5. The molecule has 4 heterocycles. The summed E-state index contributed by atoms with van der Waals surface area (Å²) in [4.78, 5) is 33.7. The fourth-order valence-corrected chi connectivity index (χ4v) is 4.25. The van der Waals surface area contributed by atoms with Crippen molar-refractivity contribution in [3.63, 3.8) is 0 Å². The van der Waals surface area contributed by atoms with E-state index in [4.69, 9.17) is 9.15 Å². The first kappa shape index (κ1) is 18.7. The molecule has 28 heavy (non-hydrogen) atoms. The van der Waals surface area contributed by atoms with Gasteiger partial charge in [0.2, 0.25) is 0 Å². The largest absolute Gasteiger partial charge is 0.472 e. The smallest absolute Gasteiger partial charge is 0.257 e. The fourth-order valence-electron chi connectivity index (χ4n) is 4.25. The molecule has 1 atom stereocenters. The molecule has 2 amide bonds. The van der Waals surface area contributed by atoms with Crippen molar-refractivity contribution in [2.24, 2.45) is 0 Å². The van der Waals surface area contributed by atoms with Crippen LogP contribution in [0, 0.1) is 0 Å². The molecule has 4 rings (SSSR count). The lowest BCUT2D eigenvalue weighted by Gasteiger charge is -2.46. The van der Waals surface area contributed by atoms with Gasteiger partial charge in [0, 0.05) is 51.4 Å². The van der Waals surface area contributed by atoms with Gasteiger partial charge in [0.1, 0.15) is 17.7 Å². The zero-order chi connectivity index (χ0) is 19.7. The number of furan rings is 1. The molecule has 8 heteroatoms. The maximum Gasteiger partial charge on any atom is 0.257 e. The first-order valence-corrected chi connectivity index (χ1v) is 9.87. The van der Waals surface area contributed by atoms with Crippen LogP contribution >= 0.6 is 0 Å². The molecule has 0 bridgehead atoms. The van der Waals surface area contributed by atoms with Crippen LogP contribution in [0.3, 0.4) is 0 Å². The number of carbonyl (C=O) groups excluding carboxylic acids is 2. The maximum atomic E-state index is 12.9. The van der Waals surface area contributed by atoms with Crippen molar-refractivity contribution >= 4 is 11.8 Å². The Morgan fingerprint density at radius 1 is 1.29 bits per heavy atom. The molecule has 1 fully saturated rings. The zero-order valence-corrected chi connectivity index (χ0v) is 16.3. The van der Waals surface area contributed by atoms with E-state index < -0.39 is 11.7 Å². The highest BCUT2D eigenvalue weighted by Crippen LogP contribution is 2.40. The Morgan fingerprint density at radius 3 is 2.68 bits per heavy atom. The van der Waals surface area contributed by atoms with Crippen LogP contribution in [0.15, 0.2) is 35.4 Å². The van der Waals surface area contributed by atoms with Crippen molar-refractivity contribution < 1.29 is 18.7 Å². The summed E-state index contributed by atoms with van der Waals surface area (Å²) in [6.45, 7) is 6.83. The van der Waals surface area contributed by atoms with Gasteiger partial charge in [-0.05, 0) is 19.9 Å². The number of nitrogens with zero attached hydrogens (tertiary/aromatic N) is 4. The number of likely N-dealkylation sites (N-methyl/N-ethyl adjacent to an activating group) is 1.